The third kappa shape index (κ3) is 4.31. The first-order valence-electron chi connectivity index (χ1n) is 11.0. The van der Waals surface area contributed by atoms with Crippen LogP contribution in [0, 0.1) is 0 Å². The van der Waals surface area contributed by atoms with Crippen LogP contribution in [0.5, 0.6) is 0 Å². The third-order valence-electron chi connectivity index (χ3n) is 6.16. The number of rotatable bonds is 9. The predicted molar refractivity (Wildman–Crippen MR) is 126 cm³/mol. The molecule has 0 aromatic heterocycles. The van der Waals surface area contributed by atoms with Gasteiger partial charge in [-0.05, 0) is 50.7 Å². The van der Waals surface area contributed by atoms with E-state index in [-0.39, 0.29) is 17.4 Å². The van der Waals surface area contributed by atoms with Gasteiger partial charge in [0.05, 0.1) is 21.1 Å². The molecule has 4 aromatic rings. The van der Waals surface area contributed by atoms with Crippen LogP contribution in [-0.2, 0) is 16.0 Å². The van der Waals surface area contributed by atoms with E-state index in [0.717, 1.165) is 5.56 Å². The molecule has 166 valence electrons. The molecule has 0 fully saturated rings. The molecule has 0 amide bonds. The Morgan fingerprint density at radius 1 is 0.906 bits per heavy atom. The number of hydrogen-bond donors (Lipinski definition) is 1. The molecular weight excluding hydrogens is 402 g/mol. The highest BCUT2D eigenvalue weighted by Gasteiger charge is 2.40. The lowest BCUT2D eigenvalue weighted by Gasteiger charge is -2.34. The summed E-state index contributed by atoms with van der Waals surface area (Å²) in [6.45, 7) is 0.0263. The molecular formula is C27H29NO4. The van der Waals surface area contributed by atoms with Gasteiger partial charge in [0.2, 0.25) is 0 Å². The van der Waals surface area contributed by atoms with Gasteiger partial charge < -0.3 is 19.5 Å². The summed E-state index contributed by atoms with van der Waals surface area (Å²) in [4.78, 5) is 24.0. The largest absolute Gasteiger partial charge is 0.550 e. The second kappa shape index (κ2) is 8.15. The maximum Gasteiger partial charge on any atom is 0.177 e. The van der Waals surface area contributed by atoms with Gasteiger partial charge in [-0.15, -0.1) is 0 Å². The van der Waals surface area contributed by atoms with Crippen LogP contribution in [0.4, 0.5) is 0 Å². The maximum atomic E-state index is 12.9. The first-order valence-corrected chi connectivity index (χ1v) is 11.0. The standard InChI is InChI=1S/C27H29NO4/c1-28(2,3)17-27(32,16-24(30)31)23(29)9-5-6-18-10-11-21-13-12-19-7-4-8-20-14-15-22(18)26(21)25(19)20/h4,7-8,10-15,32H,5-6,9,16-17H2,1-3H3. The summed E-state index contributed by atoms with van der Waals surface area (Å²) in [5.41, 5.74) is -0.765. The van der Waals surface area contributed by atoms with Crippen molar-refractivity contribution in [3.05, 3.63) is 60.2 Å². The van der Waals surface area contributed by atoms with E-state index in [4.69, 9.17) is 0 Å². The number of ketones is 1. The molecule has 4 rings (SSSR count). The van der Waals surface area contributed by atoms with Gasteiger partial charge in [0.15, 0.2) is 11.4 Å². The van der Waals surface area contributed by atoms with Crippen LogP contribution in [-0.4, -0.2) is 54.6 Å². The van der Waals surface area contributed by atoms with Gasteiger partial charge in [0.1, 0.15) is 6.54 Å². The van der Waals surface area contributed by atoms with E-state index >= 15 is 0 Å². The summed E-state index contributed by atoms with van der Waals surface area (Å²) in [5, 5.41) is 29.3. The highest BCUT2D eigenvalue weighted by molar-refractivity contribution is 6.23. The fourth-order valence-electron chi connectivity index (χ4n) is 4.95. The summed E-state index contributed by atoms with van der Waals surface area (Å²) < 4.78 is 0.282. The molecule has 1 N–H and O–H groups in total. The topological polar surface area (TPSA) is 77.4 Å². The Morgan fingerprint density at radius 3 is 2.12 bits per heavy atom. The van der Waals surface area contributed by atoms with Crippen molar-refractivity contribution >= 4 is 44.1 Å². The van der Waals surface area contributed by atoms with Crippen molar-refractivity contribution in [2.45, 2.75) is 31.3 Å². The Morgan fingerprint density at radius 2 is 1.50 bits per heavy atom. The molecule has 1 unspecified atom stereocenters. The minimum absolute atomic E-state index is 0.0263. The van der Waals surface area contributed by atoms with Crippen molar-refractivity contribution in [1.82, 2.24) is 0 Å². The number of likely N-dealkylation sites (N-methyl/N-ethyl adjacent to an activating group) is 1. The lowest BCUT2D eigenvalue weighted by atomic mass is 9.88. The van der Waals surface area contributed by atoms with E-state index < -0.39 is 23.8 Å². The Balaban J connectivity index is 1.58. The lowest BCUT2D eigenvalue weighted by Crippen LogP contribution is -2.56. The average Bonchev–Trinajstić information content (AvgIpc) is 2.70. The van der Waals surface area contributed by atoms with Gasteiger partial charge in [-0.2, -0.15) is 0 Å². The van der Waals surface area contributed by atoms with Crippen LogP contribution in [0.2, 0.25) is 0 Å². The molecule has 1 atom stereocenters. The summed E-state index contributed by atoms with van der Waals surface area (Å²) >= 11 is 0. The van der Waals surface area contributed by atoms with Crippen LogP contribution in [0.1, 0.15) is 24.8 Å². The van der Waals surface area contributed by atoms with Gasteiger partial charge in [-0.3, -0.25) is 4.79 Å². The first kappa shape index (κ1) is 22.2. The zero-order valence-electron chi connectivity index (χ0n) is 18.9. The number of carbonyl (C=O) groups is 2. The maximum absolute atomic E-state index is 12.9. The second-order valence-electron chi connectivity index (χ2n) is 9.89. The van der Waals surface area contributed by atoms with E-state index in [2.05, 4.69) is 54.6 Å². The predicted octanol–water partition coefficient (Wildman–Crippen LogP) is 3.05. The quantitative estimate of drug-likeness (QED) is 0.326. The van der Waals surface area contributed by atoms with Gasteiger partial charge in [-0.1, -0.05) is 54.6 Å². The molecule has 32 heavy (non-hydrogen) atoms. The SMILES string of the molecule is C[N+](C)(C)CC(O)(CC(=O)[O-])C(=O)CCCc1ccc2ccc3cccc4ccc1c2c34. The first-order chi connectivity index (χ1) is 15.1. The minimum Gasteiger partial charge on any atom is -0.550 e. The zero-order chi connectivity index (χ0) is 23.1. The van der Waals surface area contributed by atoms with E-state index in [9.17, 15) is 19.8 Å². The fourth-order valence-corrected chi connectivity index (χ4v) is 4.95. The van der Waals surface area contributed by atoms with Crippen LogP contribution in [0.25, 0.3) is 32.3 Å². The zero-order valence-corrected chi connectivity index (χ0v) is 18.9. The van der Waals surface area contributed by atoms with E-state index in [1.54, 1.807) is 0 Å². The average molecular weight is 432 g/mol. The number of Topliss-reactive ketones (excluding diaryl/α,β-unsaturated/α-hetero) is 1. The fraction of sp³-hybridized carbons (Fsp3) is 0.333. The summed E-state index contributed by atoms with van der Waals surface area (Å²) in [5.74, 6) is -1.85. The lowest BCUT2D eigenvalue weighted by molar-refractivity contribution is -0.875. The normalized spacial score (nSPS) is 14.2. The monoisotopic (exact) mass is 431 g/mol. The summed E-state index contributed by atoms with van der Waals surface area (Å²) in [7, 11) is 5.45. The van der Waals surface area contributed by atoms with Gasteiger partial charge >= 0.3 is 0 Å². The van der Waals surface area contributed by atoms with Crippen molar-refractivity contribution in [3.63, 3.8) is 0 Å². The number of carboxylic acids is 1. The number of benzene rings is 4. The van der Waals surface area contributed by atoms with Gasteiger partial charge in [-0.25, -0.2) is 0 Å². The molecule has 4 aromatic carbocycles. The Hall–Kier alpha value is -3.02. The molecule has 0 bridgehead atoms. The number of aryl methyl sites for hydroxylation is 1. The van der Waals surface area contributed by atoms with Crippen molar-refractivity contribution < 1.29 is 24.3 Å². The molecule has 0 radical (unpaired) electrons. The molecule has 0 aliphatic rings. The van der Waals surface area contributed by atoms with Gasteiger partial charge in [0.25, 0.3) is 0 Å². The van der Waals surface area contributed by atoms with Crippen LogP contribution in [0.3, 0.4) is 0 Å². The van der Waals surface area contributed by atoms with Crippen molar-refractivity contribution in [2.24, 2.45) is 0 Å². The molecule has 0 saturated heterocycles. The van der Waals surface area contributed by atoms with Crippen LogP contribution >= 0.6 is 0 Å². The second-order valence-corrected chi connectivity index (χ2v) is 9.89. The number of carbonyl (C=O) groups excluding carboxylic acids is 2. The van der Waals surface area contributed by atoms with E-state index in [1.807, 2.05) is 21.1 Å². The van der Waals surface area contributed by atoms with E-state index in [1.165, 1.54) is 32.3 Å². The van der Waals surface area contributed by atoms with Crippen molar-refractivity contribution in [3.8, 4) is 0 Å². The highest BCUT2D eigenvalue weighted by Crippen LogP contribution is 2.36. The molecule has 5 nitrogen and oxygen atoms in total. The number of nitrogens with zero attached hydrogens (tertiary/aromatic N) is 1. The van der Waals surface area contributed by atoms with Gasteiger partial charge in [0, 0.05) is 18.8 Å². The highest BCUT2D eigenvalue weighted by atomic mass is 16.4. The molecule has 0 heterocycles. The number of carboxylic acid groups (broad SMARTS) is 1. The Kier molecular flexibility index (Phi) is 5.65. The van der Waals surface area contributed by atoms with Crippen LogP contribution < -0.4 is 5.11 Å². The Labute approximate surface area is 187 Å². The number of hydrogen-bond acceptors (Lipinski definition) is 4. The van der Waals surface area contributed by atoms with Crippen molar-refractivity contribution in [2.75, 3.05) is 27.7 Å². The summed E-state index contributed by atoms with van der Waals surface area (Å²) in [6, 6.07) is 19.1. The molecule has 0 spiro atoms. The Bertz CT molecular complexity index is 1290. The third-order valence-corrected chi connectivity index (χ3v) is 6.16. The van der Waals surface area contributed by atoms with E-state index in [0.29, 0.717) is 12.8 Å². The number of aliphatic hydroxyl groups is 1. The molecule has 0 saturated carbocycles. The van der Waals surface area contributed by atoms with Crippen LogP contribution in [0.15, 0.2) is 54.6 Å². The number of aliphatic carboxylic acids is 1. The van der Waals surface area contributed by atoms with Crippen molar-refractivity contribution in [1.29, 1.82) is 0 Å². The smallest absolute Gasteiger partial charge is 0.177 e. The number of quaternary nitrogens is 1. The summed E-state index contributed by atoms with van der Waals surface area (Å²) in [6.07, 6.45) is 0.646. The molecule has 0 aliphatic heterocycles. The minimum atomic E-state index is -1.92. The molecule has 5 heteroatoms. The molecule has 0 aliphatic carbocycles.